The van der Waals surface area contributed by atoms with Crippen LogP contribution in [0.3, 0.4) is 0 Å². The fraction of sp³-hybridized carbons (Fsp3) is 1.00. The highest BCUT2D eigenvalue weighted by Gasteiger charge is 2.29. The van der Waals surface area contributed by atoms with Crippen molar-refractivity contribution in [3.05, 3.63) is 0 Å². The van der Waals surface area contributed by atoms with E-state index in [2.05, 4.69) is 4.18 Å². The normalized spacial score (nSPS) is 13.2. The molecule has 0 spiro atoms. The molecule has 0 aromatic heterocycles. The Labute approximate surface area is 93.4 Å². The Morgan fingerprint density at radius 1 is 1.15 bits per heavy atom. The lowest BCUT2D eigenvalue weighted by atomic mass is 9.98. The largest absolute Gasteiger partial charge is 0.270 e. The molecular formula is C6H11Cl3O3S. The number of rotatable bonds is 6. The van der Waals surface area contributed by atoms with Crippen LogP contribution in [0.15, 0.2) is 0 Å². The minimum Gasteiger partial charge on any atom is -0.270 e. The van der Waals surface area contributed by atoms with E-state index in [1.807, 2.05) is 0 Å². The van der Waals surface area contributed by atoms with Crippen molar-refractivity contribution in [1.29, 1.82) is 0 Å². The van der Waals surface area contributed by atoms with Gasteiger partial charge in [0.05, 0.1) is 12.9 Å². The first-order chi connectivity index (χ1) is 5.89. The van der Waals surface area contributed by atoms with Crippen LogP contribution in [-0.2, 0) is 14.3 Å². The SMILES string of the molecule is CS(=O)(=O)OCC(CCl)(CCl)CCl. The molecular weight excluding hydrogens is 258 g/mol. The molecule has 0 radical (unpaired) electrons. The minimum atomic E-state index is -3.46. The third kappa shape index (κ3) is 5.27. The van der Waals surface area contributed by atoms with E-state index in [1.165, 1.54) is 0 Å². The van der Waals surface area contributed by atoms with Crippen molar-refractivity contribution in [3.63, 3.8) is 0 Å². The van der Waals surface area contributed by atoms with Gasteiger partial charge in [0, 0.05) is 23.1 Å². The zero-order chi connectivity index (χ0) is 10.5. The second kappa shape index (κ2) is 5.61. The molecule has 0 aromatic rings. The van der Waals surface area contributed by atoms with Crippen LogP contribution in [0.4, 0.5) is 0 Å². The molecule has 80 valence electrons. The zero-order valence-corrected chi connectivity index (χ0v) is 10.2. The molecule has 0 amide bonds. The van der Waals surface area contributed by atoms with E-state index in [-0.39, 0.29) is 24.2 Å². The Morgan fingerprint density at radius 3 is 1.77 bits per heavy atom. The smallest absolute Gasteiger partial charge is 0.264 e. The molecule has 0 aliphatic heterocycles. The summed E-state index contributed by atoms with van der Waals surface area (Å²) in [5, 5.41) is 0. The number of halogens is 3. The van der Waals surface area contributed by atoms with Crippen LogP contribution in [0.2, 0.25) is 0 Å². The van der Waals surface area contributed by atoms with Crippen molar-refractivity contribution < 1.29 is 12.6 Å². The first-order valence-corrected chi connectivity index (χ1v) is 6.83. The Bertz CT molecular complexity index is 227. The fourth-order valence-electron chi connectivity index (χ4n) is 0.455. The van der Waals surface area contributed by atoms with E-state index >= 15 is 0 Å². The van der Waals surface area contributed by atoms with Gasteiger partial charge in [-0.2, -0.15) is 8.42 Å². The predicted octanol–water partition coefficient (Wildman–Crippen LogP) is 1.67. The Morgan fingerprint density at radius 2 is 1.54 bits per heavy atom. The molecule has 3 nitrogen and oxygen atoms in total. The summed E-state index contributed by atoms with van der Waals surface area (Å²) in [6, 6.07) is 0. The van der Waals surface area contributed by atoms with Crippen LogP contribution in [0.1, 0.15) is 0 Å². The maximum absolute atomic E-state index is 10.7. The van der Waals surface area contributed by atoms with Crippen LogP contribution >= 0.6 is 34.8 Å². The van der Waals surface area contributed by atoms with Crippen LogP contribution in [0.25, 0.3) is 0 Å². The molecule has 0 N–H and O–H groups in total. The lowest BCUT2D eigenvalue weighted by Crippen LogP contribution is -2.34. The summed E-state index contributed by atoms with van der Waals surface area (Å²) >= 11 is 16.8. The Balaban J connectivity index is 4.27. The summed E-state index contributed by atoms with van der Waals surface area (Å²) in [5.74, 6) is 0.487. The third-order valence-corrected chi connectivity index (χ3v) is 3.68. The van der Waals surface area contributed by atoms with Crippen LogP contribution < -0.4 is 0 Å². The molecule has 0 atom stereocenters. The quantitative estimate of drug-likeness (QED) is 0.544. The molecule has 0 saturated carbocycles. The number of hydrogen-bond acceptors (Lipinski definition) is 3. The molecule has 0 aromatic carbocycles. The van der Waals surface area contributed by atoms with E-state index in [4.69, 9.17) is 34.8 Å². The van der Waals surface area contributed by atoms with E-state index in [0.717, 1.165) is 6.26 Å². The van der Waals surface area contributed by atoms with E-state index < -0.39 is 15.5 Å². The Kier molecular flexibility index (Phi) is 5.95. The average molecular weight is 270 g/mol. The van der Waals surface area contributed by atoms with Gasteiger partial charge in [-0.05, 0) is 0 Å². The maximum atomic E-state index is 10.7. The molecule has 0 bridgehead atoms. The molecule has 0 saturated heterocycles. The molecule has 0 rings (SSSR count). The van der Waals surface area contributed by atoms with Crippen LogP contribution in [0.5, 0.6) is 0 Å². The van der Waals surface area contributed by atoms with Gasteiger partial charge in [-0.3, -0.25) is 4.18 Å². The van der Waals surface area contributed by atoms with Crippen molar-refractivity contribution in [3.8, 4) is 0 Å². The highest BCUT2D eigenvalue weighted by Crippen LogP contribution is 2.24. The van der Waals surface area contributed by atoms with E-state index in [0.29, 0.717) is 0 Å². The molecule has 0 aliphatic carbocycles. The van der Waals surface area contributed by atoms with Gasteiger partial charge in [0.25, 0.3) is 10.1 Å². The first-order valence-electron chi connectivity index (χ1n) is 3.41. The van der Waals surface area contributed by atoms with Crippen molar-refractivity contribution in [2.45, 2.75) is 0 Å². The molecule has 13 heavy (non-hydrogen) atoms. The van der Waals surface area contributed by atoms with Gasteiger partial charge < -0.3 is 0 Å². The first kappa shape index (κ1) is 13.8. The van der Waals surface area contributed by atoms with Crippen molar-refractivity contribution in [2.24, 2.45) is 5.41 Å². The molecule has 0 fully saturated rings. The topological polar surface area (TPSA) is 43.4 Å². The van der Waals surface area contributed by atoms with Gasteiger partial charge in [0.1, 0.15) is 0 Å². The summed E-state index contributed by atoms with van der Waals surface area (Å²) in [6.07, 6.45) is 0.967. The maximum Gasteiger partial charge on any atom is 0.264 e. The summed E-state index contributed by atoms with van der Waals surface area (Å²) < 4.78 is 25.9. The summed E-state index contributed by atoms with van der Waals surface area (Å²) in [5.41, 5.74) is -0.673. The standard InChI is InChI=1S/C6H11Cl3O3S/c1-13(10,11)12-5-6(2-7,3-8)4-9/h2-5H2,1H3. The van der Waals surface area contributed by atoms with E-state index in [1.54, 1.807) is 0 Å². The third-order valence-electron chi connectivity index (χ3n) is 1.43. The molecule has 0 heterocycles. The monoisotopic (exact) mass is 268 g/mol. The van der Waals surface area contributed by atoms with Gasteiger partial charge in [-0.15, -0.1) is 34.8 Å². The molecule has 7 heteroatoms. The lowest BCUT2D eigenvalue weighted by Gasteiger charge is -2.25. The van der Waals surface area contributed by atoms with Crippen LogP contribution in [0, 0.1) is 5.41 Å². The minimum absolute atomic E-state index is 0.0810. The van der Waals surface area contributed by atoms with Gasteiger partial charge in [0.15, 0.2) is 0 Å². The predicted molar refractivity (Wildman–Crippen MR) is 55.4 cm³/mol. The second-order valence-corrected chi connectivity index (χ2v) is 5.31. The van der Waals surface area contributed by atoms with Crippen LogP contribution in [-0.4, -0.2) is 38.9 Å². The van der Waals surface area contributed by atoms with Gasteiger partial charge in [-0.1, -0.05) is 0 Å². The number of alkyl halides is 3. The highest BCUT2D eigenvalue weighted by atomic mass is 35.5. The van der Waals surface area contributed by atoms with Gasteiger partial charge >= 0.3 is 0 Å². The highest BCUT2D eigenvalue weighted by molar-refractivity contribution is 7.85. The van der Waals surface area contributed by atoms with Crippen molar-refractivity contribution >= 4 is 44.9 Å². The summed E-state index contributed by atoms with van der Waals surface area (Å²) in [6.45, 7) is -0.0810. The summed E-state index contributed by atoms with van der Waals surface area (Å²) in [7, 11) is -3.46. The Hall–Kier alpha value is 0.780. The van der Waals surface area contributed by atoms with Crippen molar-refractivity contribution in [2.75, 3.05) is 30.5 Å². The van der Waals surface area contributed by atoms with Crippen molar-refractivity contribution in [1.82, 2.24) is 0 Å². The second-order valence-electron chi connectivity index (χ2n) is 2.87. The van der Waals surface area contributed by atoms with Gasteiger partial charge in [0.2, 0.25) is 0 Å². The molecule has 0 unspecified atom stereocenters. The van der Waals surface area contributed by atoms with E-state index in [9.17, 15) is 8.42 Å². The fourth-order valence-corrected chi connectivity index (χ4v) is 2.01. The molecule has 0 aliphatic rings. The zero-order valence-electron chi connectivity index (χ0n) is 7.10. The number of hydrogen-bond donors (Lipinski definition) is 0. The average Bonchev–Trinajstić information content (AvgIpc) is 2.06. The summed E-state index contributed by atoms with van der Waals surface area (Å²) in [4.78, 5) is 0. The lowest BCUT2D eigenvalue weighted by molar-refractivity contribution is 0.214. The van der Waals surface area contributed by atoms with Gasteiger partial charge in [-0.25, -0.2) is 0 Å².